The minimum absolute atomic E-state index is 0.0291. The number of esters is 4. The van der Waals surface area contributed by atoms with E-state index in [0.717, 1.165) is 6.92 Å². The number of nitrogens with one attached hydrogen (secondary N) is 1. The van der Waals surface area contributed by atoms with Crippen molar-refractivity contribution in [3.05, 3.63) is 58.7 Å². The molecule has 334 valence electrons. The average Bonchev–Trinajstić information content (AvgIpc) is 4.01. The summed E-state index contributed by atoms with van der Waals surface area (Å²) in [6, 6.07) is 6.53. The minimum atomic E-state index is -2.38. The molecule has 4 fully saturated rings. The van der Waals surface area contributed by atoms with E-state index in [4.69, 9.17) is 28.4 Å². The molecule has 0 radical (unpaired) electrons. The summed E-state index contributed by atoms with van der Waals surface area (Å²) in [4.78, 5) is 83.5. The van der Waals surface area contributed by atoms with E-state index in [1.807, 2.05) is 0 Å². The smallest absolute Gasteiger partial charge is 0.408 e. The first-order valence-corrected chi connectivity index (χ1v) is 20.7. The number of carbonyl (C=O) groups excluding carboxylic acids is 6. The Morgan fingerprint density at radius 2 is 1.62 bits per heavy atom. The second-order valence-corrected chi connectivity index (χ2v) is 19.1. The molecule has 16 nitrogen and oxygen atoms in total. The van der Waals surface area contributed by atoms with E-state index in [-0.39, 0.29) is 29.7 Å². The van der Waals surface area contributed by atoms with Gasteiger partial charge in [0.2, 0.25) is 0 Å². The van der Waals surface area contributed by atoms with Gasteiger partial charge in [0, 0.05) is 25.2 Å². The highest BCUT2D eigenvalue weighted by atomic mass is 16.6. The number of aliphatic hydroxyl groups is 3. The fourth-order valence-corrected chi connectivity index (χ4v) is 9.75. The minimum Gasteiger partial charge on any atom is -0.456 e. The first-order valence-electron chi connectivity index (χ1n) is 20.7. The number of amides is 1. The van der Waals surface area contributed by atoms with Gasteiger partial charge in [0.1, 0.15) is 29.5 Å². The van der Waals surface area contributed by atoms with Gasteiger partial charge in [0.05, 0.1) is 41.6 Å². The molecule has 2 bridgehead atoms. The zero-order valence-corrected chi connectivity index (χ0v) is 36.4. The summed E-state index contributed by atoms with van der Waals surface area (Å²) in [6.45, 7) is 15.3. The Hall–Kier alpha value is -4.64. The number of fused-ring (bicyclic) bond motifs is 5. The summed E-state index contributed by atoms with van der Waals surface area (Å²) < 4.78 is 35.9. The van der Waals surface area contributed by atoms with E-state index in [2.05, 4.69) is 5.32 Å². The molecule has 16 heteroatoms. The van der Waals surface area contributed by atoms with Crippen LogP contribution in [0.4, 0.5) is 4.79 Å². The topological polar surface area (TPSA) is 231 Å². The lowest BCUT2D eigenvalue weighted by molar-refractivity contribution is -0.346. The van der Waals surface area contributed by atoms with Crippen LogP contribution >= 0.6 is 0 Å². The Kier molecular flexibility index (Phi) is 12.2. The van der Waals surface area contributed by atoms with Crippen molar-refractivity contribution in [1.82, 2.24) is 5.32 Å². The quantitative estimate of drug-likeness (QED) is 0.149. The highest BCUT2D eigenvalue weighted by Crippen LogP contribution is 2.64. The number of hydrogen-bond acceptors (Lipinski definition) is 15. The number of aliphatic hydroxyl groups excluding tert-OH is 2. The normalized spacial score (nSPS) is 33.7. The first-order chi connectivity index (χ1) is 28.3. The molecule has 61 heavy (non-hydrogen) atoms. The standard InChI is InChI=1S/C45H59NO15/c1-22(2)18-27(46-40(54)61-41(5,6)7)32(49)39(53)57-28-20-45(55)36(59-38(52)25-14-12-11-13-15-25)34-43(10,29(48)19-30-44(34,21-56-30)60-24(4)47)35(50)33(58-37(51)26-16-17-26)31(23(28)3)42(45,8)9/h11-15,18,26-30,32-34,36,48-49,55H,16-17,19-21H2,1-10H3,(H,46,54)/t27?,28-,29-,30+,32+,33+,34-,36-,43+,44-,45+/m0/s1. The number of benzene rings is 1. The van der Waals surface area contributed by atoms with Gasteiger partial charge in [-0.1, -0.05) is 43.7 Å². The summed E-state index contributed by atoms with van der Waals surface area (Å²) in [5.41, 5.74) is -7.81. The predicted octanol–water partition coefficient (Wildman–Crippen LogP) is 3.81. The van der Waals surface area contributed by atoms with Crippen LogP contribution in [0, 0.1) is 22.7 Å². The molecule has 4 aliphatic carbocycles. The fourth-order valence-electron chi connectivity index (χ4n) is 9.75. The number of alkyl carbamates (subject to hydrolysis) is 1. The van der Waals surface area contributed by atoms with Crippen LogP contribution in [0.5, 0.6) is 0 Å². The largest absolute Gasteiger partial charge is 0.456 e. The van der Waals surface area contributed by atoms with Crippen LogP contribution in [0.25, 0.3) is 0 Å². The molecule has 1 unspecified atom stereocenters. The lowest BCUT2D eigenvalue weighted by Gasteiger charge is -2.67. The van der Waals surface area contributed by atoms with E-state index in [9.17, 15) is 39.3 Å². The van der Waals surface area contributed by atoms with Crippen LogP contribution < -0.4 is 5.32 Å². The summed E-state index contributed by atoms with van der Waals surface area (Å²) >= 11 is 0. The number of carbonyl (C=O) groups is 6. The molecule has 1 aromatic carbocycles. The molecule has 0 aromatic heterocycles. The number of ether oxygens (including phenoxy) is 6. The predicted molar refractivity (Wildman–Crippen MR) is 214 cm³/mol. The monoisotopic (exact) mass is 853 g/mol. The highest BCUT2D eigenvalue weighted by Gasteiger charge is 2.78. The molecule has 0 spiro atoms. The van der Waals surface area contributed by atoms with Crippen LogP contribution in [0.3, 0.4) is 0 Å². The SMILES string of the molecule is CC(=O)O[C@@]12CO[C@@H]1C[C@H](O)[C@@]1(C)C(=O)[C@H](OC(=O)C3CC3)C3=C(C)[C@@H](OC(=O)[C@H](O)C(C=C(C)C)NC(=O)OC(C)(C)C)C[C@@](O)([C@@H](OC(=O)c4ccccc4)[C@H]21)C3(C)C. The maximum Gasteiger partial charge on any atom is 0.408 e. The van der Waals surface area contributed by atoms with Crippen molar-refractivity contribution in [1.29, 1.82) is 0 Å². The number of rotatable bonds is 10. The van der Waals surface area contributed by atoms with E-state index in [0.29, 0.717) is 18.4 Å². The Bertz CT molecular complexity index is 2010. The maximum absolute atomic E-state index is 15.6. The lowest BCUT2D eigenvalue weighted by Crippen LogP contribution is -2.82. The second kappa shape index (κ2) is 16.2. The van der Waals surface area contributed by atoms with Crippen molar-refractivity contribution in [3.8, 4) is 0 Å². The molecule has 4 N–H and O–H groups in total. The van der Waals surface area contributed by atoms with Crippen LogP contribution in [-0.2, 0) is 47.6 Å². The number of ketones is 1. The molecular formula is C45H59NO15. The molecule has 1 amide bonds. The van der Waals surface area contributed by atoms with Gasteiger partial charge < -0.3 is 49.1 Å². The van der Waals surface area contributed by atoms with E-state index in [1.165, 1.54) is 25.1 Å². The van der Waals surface area contributed by atoms with Crippen molar-refractivity contribution in [3.63, 3.8) is 0 Å². The van der Waals surface area contributed by atoms with Crippen LogP contribution in [0.1, 0.15) is 105 Å². The molecule has 11 atom stereocenters. The number of Topliss-reactive ketones (excluding diaryl/α,β-unsaturated/α-hetero) is 1. The zero-order valence-electron chi connectivity index (χ0n) is 36.4. The van der Waals surface area contributed by atoms with Crippen molar-refractivity contribution >= 4 is 35.8 Å². The third kappa shape index (κ3) is 8.23. The molecule has 3 saturated carbocycles. The first kappa shape index (κ1) is 45.9. The molecule has 1 aliphatic heterocycles. The van der Waals surface area contributed by atoms with Crippen LogP contribution in [0.15, 0.2) is 53.1 Å². The Labute approximate surface area is 355 Å². The van der Waals surface area contributed by atoms with Gasteiger partial charge in [-0.3, -0.25) is 14.4 Å². The molecule has 5 aliphatic rings. The van der Waals surface area contributed by atoms with Gasteiger partial charge in [0.15, 0.2) is 23.6 Å². The van der Waals surface area contributed by atoms with Gasteiger partial charge in [-0.15, -0.1) is 0 Å². The number of hydrogen-bond donors (Lipinski definition) is 4. The van der Waals surface area contributed by atoms with Gasteiger partial charge in [-0.25, -0.2) is 14.4 Å². The lowest BCUT2D eigenvalue weighted by atomic mass is 9.44. The Morgan fingerprint density at radius 1 is 0.984 bits per heavy atom. The van der Waals surface area contributed by atoms with Gasteiger partial charge in [0.25, 0.3) is 0 Å². The molecule has 1 aromatic rings. The van der Waals surface area contributed by atoms with Crippen molar-refractivity contribution in [2.75, 3.05) is 6.61 Å². The van der Waals surface area contributed by atoms with Gasteiger partial charge >= 0.3 is 30.0 Å². The molecule has 1 saturated heterocycles. The number of allylic oxidation sites excluding steroid dienone is 1. The van der Waals surface area contributed by atoms with Gasteiger partial charge in [-0.05, 0) is 84.6 Å². The fraction of sp³-hybridized carbons (Fsp3) is 0.644. The molecule has 1 heterocycles. The summed E-state index contributed by atoms with van der Waals surface area (Å²) in [5, 5.41) is 39.8. The second-order valence-electron chi connectivity index (χ2n) is 19.1. The Balaban J connectivity index is 1.55. The molecule has 6 rings (SSSR count). The van der Waals surface area contributed by atoms with Crippen molar-refractivity contribution in [2.45, 2.75) is 154 Å². The van der Waals surface area contributed by atoms with E-state index in [1.54, 1.807) is 73.6 Å². The van der Waals surface area contributed by atoms with Crippen LogP contribution in [-0.4, -0.2) is 117 Å². The third-order valence-corrected chi connectivity index (χ3v) is 13.1. The molecular weight excluding hydrogens is 794 g/mol. The summed E-state index contributed by atoms with van der Waals surface area (Å²) in [6.07, 6.45) is -8.85. The van der Waals surface area contributed by atoms with Crippen molar-refractivity contribution in [2.24, 2.45) is 22.7 Å². The average molecular weight is 854 g/mol. The Morgan fingerprint density at radius 3 is 2.16 bits per heavy atom. The van der Waals surface area contributed by atoms with Crippen LogP contribution in [0.2, 0.25) is 0 Å². The van der Waals surface area contributed by atoms with E-state index < -0.39 is 124 Å². The zero-order chi connectivity index (χ0) is 45.2. The summed E-state index contributed by atoms with van der Waals surface area (Å²) in [7, 11) is 0. The summed E-state index contributed by atoms with van der Waals surface area (Å²) in [5.74, 6) is -6.50. The highest BCUT2D eigenvalue weighted by molar-refractivity contribution is 5.96. The van der Waals surface area contributed by atoms with Gasteiger partial charge in [-0.2, -0.15) is 0 Å². The third-order valence-electron chi connectivity index (χ3n) is 13.1. The maximum atomic E-state index is 15.6. The van der Waals surface area contributed by atoms with Crippen molar-refractivity contribution < 1.29 is 72.5 Å². The van der Waals surface area contributed by atoms with E-state index >= 15 is 4.79 Å².